The molecule has 2 aromatic carbocycles. The van der Waals surface area contributed by atoms with Crippen LogP contribution in [-0.2, 0) is 4.79 Å². The minimum atomic E-state index is -0.819. The van der Waals surface area contributed by atoms with Crippen LogP contribution in [0.2, 0.25) is 0 Å². The molecule has 1 aliphatic heterocycles. The third-order valence-corrected chi connectivity index (χ3v) is 4.43. The van der Waals surface area contributed by atoms with Crippen LogP contribution in [0.25, 0.3) is 0 Å². The van der Waals surface area contributed by atoms with Gasteiger partial charge in [0.15, 0.2) is 5.37 Å². The summed E-state index contributed by atoms with van der Waals surface area (Å²) in [6.45, 7) is 1.92. The van der Waals surface area contributed by atoms with Gasteiger partial charge >= 0.3 is 0 Å². The van der Waals surface area contributed by atoms with Crippen LogP contribution in [0.3, 0.4) is 0 Å². The highest BCUT2D eigenvalue weighted by molar-refractivity contribution is 8.16. The van der Waals surface area contributed by atoms with Crippen LogP contribution in [-0.4, -0.2) is 21.4 Å². The number of hydrogen-bond acceptors (Lipinski definition) is 6. The fourth-order valence-corrected chi connectivity index (χ4v) is 3.19. The lowest BCUT2D eigenvalue weighted by molar-refractivity contribution is -0.384. The van der Waals surface area contributed by atoms with E-state index in [1.54, 1.807) is 18.2 Å². The second-order valence-corrected chi connectivity index (χ2v) is 6.28. The highest BCUT2D eigenvalue weighted by Crippen LogP contribution is 2.33. The first-order valence-corrected chi connectivity index (χ1v) is 7.96. The molecular weight excluding hydrogens is 330 g/mol. The van der Waals surface area contributed by atoms with Gasteiger partial charge in [0, 0.05) is 17.8 Å². The van der Waals surface area contributed by atoms with Gasteiger partial charge in [-0.1, -0.05) is 23.8 Å². The highest BCUT2D eigenvalue weighted by atomic mass is 32.2. The molecule has 7 nitrogen and oxygen atoms in total. The number of anilines is 2. The van der Waals surface area contributed by atoms with E-state index in [0.717, 1.165) is 22.2 Å². The SMILES string of the molecule is Cc1ccc(N2C(=O)SC(Nc3cccc([N+](=O)[O-])c3)C2=O)cc1. The molecule has 0 aliphatic carbocycles. The van der Waals surface area contributed by atoms with Gasteiger partial charge in [0.25, 0.3) is 16.8 Å². The zero-order chi connectivity index (χ0) is 17.3. The zero-order valence-electron chi connectivity index (χ0n) is 12.6. The molecule has 2 amide bonds. The van der Waals surface area contributed by atoms with Crippen LogP contribution in [0.4, 0.5) is 21.9 Å². The standard InChI is InChI=1S/C16H13N3O4S/c1-10-5-7-12(8-6-10)18-15(20)14(24-16(18)21)17-11-3-2-4-13(9-11)19(22)23/h2-9,14,17H,1H3. The van der Waals surface area contributed by atoms with Gasteiger partial charge < -0.3 is 5.32 Å². The number of carbonyl (C=O) groups excluding carboxylic acids is 2. The summed E-state index contributed by atoms with van der Waals surface area (Å²) in [6.07, 6.45) is 0. The Kier molecular flexibility index (Phi) is 4.22. The molecule has 1 fully saturated rings. The second-order valence-electron chi connectivity index (χ2n) is 5.22. The van der Waals surface area contributed by atoms with E-state index in [0.29, 0.717) is 11.4 Å². The van der Waals surface area contributed by atoms with Crippen molar-refractivity contribution in [2.24, 2.45) is 0 Å². The van der Waals surface area contributed by atoms with Gasteiger partial charge in [0.05, 0.1) is 10.6 Å². The second kappa shape index (κ2) is 6.32. The van der Waals surface area contributed by atoms with Crippen LogP contribution in [0, 0.1) is 17.0 Å². The minimum absolute atomic E-state index is 0.0860. The fourth-order valence-electron chi connectivity index (χ4n) is 2.29. The van der Waals surface area contributed by atoms with Crippen molar-refractivity contribution in [1.82, 2.24) is 0 Å². The van der Waals surface area contributed by atoms with Crippen LogP contribution < -0.4 is 10.2 Å². The summed E-state index contributed by atoms with van der Waals surface area (Å²) < 4.78 is 0. The van der Waals surface area contributed by atoms with Crippen molar-refractivity contribution in [2.75, 3.05) is 10.2 Å². The van der Waals surface area contributed by atoms with Gasteiger partial charge in [-0.3, -0.25) is 19.7 Å². The lowest BCUT2D eigenvalue weighted by atomic mass is 10.2. The van der Waals surface area contributed by atoms with E-state index in [1.807, 2.05) is 19.1 Å². The molecule has 122 valence electrons. The van der Waals surface area contributed by atoms with E-state index < -0.39 is 16.2 Å². The molecule has 2 aromatic rings. The smallest absolute Gasteiger partial charge is 0.295 e. The van der Waals surface area contributed by atoms with Gasteiger partial charge in [-0.25, -0.2) is 4.90 Å². The monoisotopic (exact) mass is 343 g/mol. The summed E-state index contributed by atoms with van der Waals surface area (Å²) >= 11 is 0.846. The molecule has 0 aromatic heterocycles. The summed E-state index contributed by atoms with van der Waals surface area (Å²) in [6, 6.07) is 12.9. The number of imide groups is 1. The van der Waals surface area contributed by atoms with Crippen molar-refractivity contribution in [3.8, 4) is 0 Å². The van der Waals surface area contributed by atoms with Crippen LogP contribution in [0.5, 0.6) is 0 Å². The van der Waals surface area contributed by atoms with E-state index in [4.69, 9.17) is 0 Å². The molecule has 0 radical (unpaired) electrons. The van der Waals surface area contributed by atoms with Crippen molar-refractivity contribution >= 4 is 40.0 Å². The van der Waals surface area contributed by atoms with E-state index in [9.17, 15) is 19.7 Å². The number of hydrogen-bond donors (Lipinski definition) is 1. The molecule has 1 saturated heterocycles. The topological polar surface area (TPSA) is 92.6 Å². The number of amides is 2. The van der Waals surface area contributed by atoms with Crippen LogP contribution in [0.15, 0.2) is 48.5 Å². The van der Waals surface area contributed by atoms with Gasteiger partial charge in [-0.05, 0) is 36.9 Å². The molecular formula is C16H13N3O4S. The number of rotatable bonds is 4. The molecule has 0 bridgehead atoms. The first kappa shape index (κ1) is 16.0. The maximum Gasteiger partial charge on any atom is 0.295 e. The number of thioether (sulfide) groups is 1. The van der Waals surface area contributed by atoms with Crippen molar-refractivity contribution in [1.29, 1.82) is 0 Å². The molecule has 1 aliphatic rings. The average Bonchev–Trinajstić information content (AvgIpc) is 2.83. The number of nitrogens with one attached hydrogen (secondary N) is 1. The fraction of sp³-hybridized carbons (Fsp3) is 0.125. The van der Waals surface area contributed by atoms with Gasteiger partial charge in [-0.2, -0.15) is 0 Å². The van der Waals surface area contributed by atoms with Crippen LogP contribution >= 0.6 is 11.8 Å². The summed E-state index contributed by atoms with van der Waals surface area (Å²) in [5, 5.41) is 12.5. The number of nitro groups is 1. The third kappa shape index (κ3) is 3.09. The summed E-state index contributed by atoms with van der Waals surface area (Å²) in [5.74, 6) is -0.402. The number of nitrogens with zero attached hydrogens (tertiary/aromatic N) is 2. The van der Waals surface area contributed by atoms with Crippen LogP contribution in [0.1, 0.15) is 5.56 Å². The normalized spacial score (nSPS) is 17.2. The number of non-ortho nitro benzene ring substituents is 1. The van der Waals surface area contributed by atoms with Crippen molar-refractivity contribution in [2.45, 2.75) is 12.3 Å². The molecule has 0 saturated carbocycles. The molecule has 3 rings (SSSR count). The zero-order valence-corrected chi connectivity index (χ0v) is 13.4. The first-order valence-electron chi connectivity index (χ1n) is 7.08. The maximum atomic E-state index is 12.5. The molecule has 0 spiro atoms. The lowest BCUT2D eigenvalue weighted by Crippen LogP contribution is -2.34. The Morgan fingerprint density at radius 2 is 1.88 bits per heavy atom. The Labute approximate surface area is 141 Å². The number of benzene rings is 2. The molecule has 24 heavy (non-hydrogen) atoms. The molecule has 1 heterocycles. The largest absolute Gasteiger partial charge is 0.365 e. The Bertz CT molecular complexity index is 822. The minimum Gasteiger partial charge on any atom is -0.365 e. The number of nitro benzene ring substituents is 1. The molecule has 1 atom stereocenters. The number of carbonyl (C=O) groups is 2. The first-order chi connectivity index (χ1) is 11.5. The van der Waals surface area contributed by atoms with Gasteiger partial charge in [0.1, 0.15) is 0 Å². The predicted octanol–water partition coefficient (Wildman–Crippen LogP) is 3.54. The predicted molar refractivity (Wildman–Crippen MR) is 92.2 cm³/mol. The van der Waals surface area contributed by atoms with Crippen molar-refractivity contribution in [3.05, 3.63) is 64.2 Å². The summed E-state index contributed by atoms with van der Waals surface area (Å²) in [4.78, 5) is 36.1. The quantitative estimate of drug-likeness (QED) is 0.674. The molecule has 1 unspecified atom stereocenters. The summed E-state index contributed by atoms with van der Waals surface area (Å²) in [5.41, 5.74) is 1.86. The van der Waals surface area contributed by atoms with Crippen molar-refractivity contribution in [3.63, 3.8) is 0 Å². The Morgan fingerprint density at radius 3 is 2.54 bits per heavy atom. The van der Waals surface area contributed by atoms with Gasteiger partial charge in [-0.15, -0.1) is 0 Å². The maximum absolute atomic E-state index is 12.5. The Hall–Kier alpha value is -2.87. The molecule has 8 heteroatoms. The van der Waals surface area contributed by atoms with E-state index in [-0.39, 0.29) is 10.9 Å². The van der Waals surface area contributed by atoms with E-state index in [1.165, 1.54) is 18.2 Å². The summed E-state index contributed by atoms with van der Waals surface area (Å²) in [7, 11) is 0. The Morgan fingerprint density at radius 1 is 1.17 bits per heavy atom. The van der Waals surface area contributed by atoms with Gasteiger partial charge in [0.2, 0.25) is 0 Å². The lowest BCUT2D eigenvalue weighted by Gasteiger charge is -2.15. The average molecular weight is 343 g/mol. The third-order valence-electron chi connectivity index (χ3n) is 3.49. The molecule has 1 N–H and O–H groups in total. The van der Waals surface area contributed by atoms with E-state index in [2.05, 4.69) is 5.32 Å². The van der Waals surface area contributed by atoms with E-state index >= 15 is 0 Å². The highest BCUT2D eigenvalue weighted by Gasteiger charge is 2.40. The number of aryl methyl sites for hydroxylation is 1. The van der Waals surface area contributed by atoms with Crippen molar-refractivity contribution < 1.29 is 14.5 Å². The Balaban J connectivity index is 1.80.